The number of hydrogen-bond donors (Lipinski definition) is 1. The van der Waals surface area contributed by atoms with Gasteiger partial charge in [-0.05, 0) is 67.1 Å². The number of amides is 2. The molecule has 0 atom stereocenters. The summed E-state index contributed by atoms with van der Waals surface area (Å²) in [6.07, 6.45) is 4.05. The van der Waals surface area contributed by atoms with Gasteiger partial charge in [0.2, 0.25) is 11.8 Å². The number of rotatable bonds is 5. The van der Waals surface area contributed by atoms with E-state index in [1.54, 1.807) is 17.0 Å². The predicted molar refractivity (Wildman–Crippen MR) is 138 cm³/mol. The minimum Gasteiger partial charge on any atom is -0.438 e. The third kappa shape index (κ3) is 5.42. The van der Waals surface area contributed by atoms with Crippen molar-refractivity contribution in [2.75, 3.05) is 29.9 Å². The third-order valence-corrected chi connectivity index (χ3v) is 6.79. The highest BCUT2D eigenvalue weighted by atomic mass is 19.1. The van der Waals surface area contributed by atoms with Crippen molar-refractivity contribution in [1.82, 2.24) is 14.9 Å². The molecular weight excluding hydrogens is 457 g/mol. The molecule has 1 saturated heterocycles. The van der Waals surface area contributed by atoms with E-state index >= 15 is 0 Å². The molecule has 3 heterocycles. The summed E-state index contributed by atoms with van der Waals surface area (Å²) in [7, 11) is 0. The van der Waals surface area contributed by atoms with Crippen LogP contribution in [-0.2, 0) is 13.0 Å². The fraction of sp³-hybridized carbons (Fsp3) is 0.393. The molecule has 2 aromatic carbocycles. The van der Waals surface area contributed by atoms with Crippen LogP contribution >= 0.6 is 0 Å². The second-order valence-electron chi connectivity index (χ2n) is 9.74. The van der Waals surface area contributed by atoms with E-state index in [0.717, 1.165) is 42.9 Å². The molecule has 0 radical (unpaired) electrons. The first-order valence-electron chi connectivity index (χ1n) is 12.7. The summed E-state index contributed by atoms with van der Waals surface area (Å²) in [4.78, 5) is 26.7. The van der Waals surface area contributed by atoms with Crippen LogP contribution in [-0.4, -0.2) is 40.5 Å². The number of nitrogens with zero attached hydrogens (tertiary/aromatic N) is 4. The lowest BCUT2D eigenvalue weighted by atomic mass is 10.0. The maximum atomic E-state index is 13.4. The van der Waals surface area contributed by atoms with Crippen LogP contribution in [0.1, 0.15) is 55.8 Å². The Balaban J connectivity index is 1.38. The Morgan fingerprint density at radius 1 is 0.972 bits per heavy atom. The van der Waals surface area contributed by atoms with Crippen LogP contribution in [0.2, 0.25) is 0 Å². The Morgan fingerprint density at radius 3 is 2.39 bits per heavy atom. The Labute approximate surface area is 211 Å². The number of piperidine rings is 1. The molecular formula is C28H32FN5O2. The van der Waals surface area contributed by atoms with Gasteiger partial charge in [0, 0.05) is 31.7 Å². The lowest BCUT2D eigenvalue weighted by Gasteiger charge is -2.32. The quantitative estimate of drug-likeness (QED) is 0.468. The van der Waals surface area contributed by atoms with E-state index < -0.39 is 0 Å². The lowest BCUT2D eigenvalue weighted by molar-refractivity contribution is 0.205. The zero-order valence-corrected chi connectivity index (χ0v) is 20.8. The van der Waals surface area contributed by atoms with Crippen LogP contribution < -0.4 is 15.0 Å². The number of hydrogen-bond acceptors (Lipinski definition) is 5. The van der Waals surface area contributed by atoms with Crippen LogP contribution in [0.4, 0.5) is 20.8 Å². The van der Waals surface area contributed by atoms with Crippen molar-refractivity contribution in [3.63, 3.8) is 0 Å². The van der Waals surface area contributed by atoms with Crippen LogP contribution in [0.25, 0.3) is 0 Å². The molecule has 2 aliphatic heterocycles. The zero-order valence-electron chi connectivity index (χ0n) is 20.8. The molecule has 0 aliphatic carbocycles. The first-order valence-corrected chi connectivity index (χ1v) is 12.7. The molecule has 0 saturated carbocycles. The molecule has 1 fully saturated rings. The highest BCUT2D eigenvalue weighted by Gasteiger charge is 2.28. The predicted octanol–water partition coefficient (Wildman–Crippen LogP) is 6.11. The van der Waals surface area contributed by atoms with Gasteiger partial charge in [-0.25, -0.2) is 14.2 Å². The van der Waals surface area contributed by atoms with Crippen molar-refractivity contribution < 1.29 is 13.9 Å². The molecule has 3 aromatic rings. The molecule has 2 amide bonds. The average molecular weight is 490 g/mol. The standard InChI is InChI=1S/C28H32FN5O2/c1-19(2)20-6-10-22(11-7-20)30-28(35)34-17-14-25-24(18-34)26(36-23-12-8-21(29)9-13-23)32-27(31-25)33-15-4-3-5-16-33/h6-13,19H,3-5,14-18H2,1-2H3,(H,30,35). The van der Waals surface area contributed by atoms with Gasteiger partial charge >= 0.3 is 6.03 Å². The first-order chi connectivity index (χ1) is 17.5. The number of nitrogens with one attached hydrogen (secondary N) is 1. The Morgan fingerprint density at radius 2 is 1.69 bits per heavy atom. The normalized spacial score (nSPS) is 15.6. The topological polar surface area (TPSA) is 70.6 Å². The molecule has 0 bridgehead atoms. The summed E-state index contributed by atoms with van der Waals surface area (Å²) >= 11 is 0. The van der Waals surface area contributed by atoms with Crippen molar-refractivity contribution >= 4 is 17.7 Å². The van der Waals surface area contributed by atoms with Gasteiger partial charge in [0.1, 0.15) is 11.6 Å². The number of benzene rings is 2. The second-order valence-corrected chi connectivity index (χ2v) is 9.74. The van der Waals surface area contributed by atoms with Crippen LogP contribution in [0.3, 0.4) is 0 Å². The first kappa shape index (κ1) is 24.0. The van der Waals surface area contributed by atoms with Crippen molar-refractivity contribution in [2.24, 2.45) is 0 Å². The molecule has 188 valence electrons. The molecule has 0 spiro atoms. The second kappa shape index (κ2) is 10.5. The van der Waals surface area contributed by atoms with E-state index in [2.05, 4.69) is 24.1 Å². The summed E-state index contributed by atoms with van der Waals surface area (Å²) in [6, 6.07) is 13.7. The Kier molecular flexibility index (Phi) is 7.02. The summed E-state index contributed by atoms with van der Waals surface area (Å²) in [5.41, 5.74) is 3.67. The summed E-state index contributed by atoms with van der Waals surface area (Å²) < 4.78 is 19.6. The molecule has 7 nitrogen and oxygen atoms in total. The summed E-state index contributed by atoms with van der Waals surface area (Å²) in [6.45, 7) is 7.00. The van der Waals surface area contributed by atoms with E-state index in [0.29, 0.717) is 43.0 Å². The van der Waals surface area contributed by atoms with Gasteiger partial charge in [-0.15, -0.1) is 0 Å². The Bertz CT molecular complexity index is 1210. The summed E-state index contributed by atoms with van der Waals surface area (Å²) in [5, 5.41) is 3.00. The number of fused-ring (bicyclic) bond motifs is 1. The number of halogens is 1. The van der Waals surface area contributed by atoms with Gasteiger partial charge in [0.15, 0.2) is 0 Å². The largest absolute Gasteiger partial charge is 0.438 e. The Hall–Kier alpha value is -3.68. The molecule has 5 rings (SSSR count). The smallest absolute Gasteiger partial charge is 0.322 e. The number of carbonyl (C=O) groups excluding carboxylic acids is 1. The number of aromatic nitrogens is 2. The maximum absolute atomic E-state index is 13.4. The summed E-state index contributed by atoms with van der Waals surface area (Å²) in [5.74, 6) is 1.68. The van der Waals surface area contributed by atoms with E-state index in [-0.39, 0.29) is 11.8 Å². The van der Waals surface area contributed by atoms with Crippen molar-refractivity contribution in [3.8, 4) is 11.6 Å². The van der Waals surface area contributed by atoms with Gasteiger partial charge in [-0.1, -0.05) is 26.0 Å². The van der Waals surface area contributed by atoms with Crippen molar-refractivity contribution in [3.05, 3.63) is 71.2 Å². The third-order valence-electron chi connectivity index (χ3n) is 6.79. The van der Waals surface area contributed by atoms with Crippen LogP contribution in [0.15, 0.2) is 48.5 Å². The van der Waals surface area contributed by atoms with Gasteiger partial charge in [-0.2, -0.15) is 4.98 Å². The molecule has 0 unspecified atom stereocenters. The monoisotopic (exact) mass is 489 g/mol. The zero-order chi connectivity index (χ0) is 25.1. The molecule has 1 aromatic heterocycles. The van der Waals surface area contributed by atoms with Crippen LogP contribution in [0.5, 0.6) is 11.6 Å². The van der Waals surface area contributed by atoms with E-state index in [9.17, 15) is 9.18 Å². The fourth-order valence-corrected chi connectivity index (χ4v) is 4.63. The number of anilines is 2. The van der Waals surface area contributed by atoms with Gasteiger partial charge in [0.05, 0.1) is 17.8 Å². The fourth-order valence-electron chi connectivity index (χ4n) is 4.63. The molecule has 8 heteroatoms. The number of ether oxygens (including phenoxy) is 1. The highest BCUT2D eigenvalue weighted by molar-refractivity contribution is 5.89. The molecule has 2 aliphatic rings. The molecule has 36 heavy (non-hydrogen) atoms. The van der Waals surface area contributed by atoms with Crippen molar-refractivity contribution in [1.29, 1.82) is 0 Å². The minimum atomic E-state index is -0.328. The molecule has 1 N–H and O–H groups in total. The lowest BCUT2D eigenvalue weighted by Crippen LogP contribution is -2.40. The van der Waals surface area contributed by atoms with Gasteiger partial charge in [0.25, 0.3) is 0 Å². The van der Waals surface area contributed by atoms with Gasteiger partial charge < -0.3 is 19.9 Å². The highest BCUT2D eigenvalue weighted by Crippen LogP contribution is 2.32. The van der Waals surface area contributed by atoms with Crippen molar-refractivity contribution in [2.45, 2.75) is 52.0 Å². The minimum absolute atomic E-state index is 0.175. The van der Waals surface area contributed by atoms with E-state index in [1.165, 1.54) is 24.1 Å². The van der Waals surface area contributed by atoms with Crippen LogP contribution in [0, 0.1) is 5.82 Å². The van der Waals surface area contributed by atoms with E-state index in [1.807, 2.05) is 24.3 Å². The van der Waals surface area contributed by atoms with Gasteiger partial charge in [-0.3, -0.25) is 0 Å². The maximum Gasteiger partial charge on any atom is 0.322 e. The number of urea groups is 1. The number of carbonyl (C=O) groups is 1. The average Bonchev–Trinajstić information content (AvgIpc) is 2.90. The van der Waals surface area contributed by atoms with E-state index in [4.69, 9.17) is 14.7 Å². The SMILES string of the molecule is CC(C)c1ccc(NC(=O)N2CCc3nc(N4CCCCC4)nc(Oc4ccc(F)cc4)c3C2)cc1.